The fraction of sp³-hybridized carbons (Fsp3) is 0.900. The maximum atomic E-state index is 11.7. The van der Waals surface area contributed by atoms with Gasteiger partial charge in [0, 0.05) is 32.5 Å². The molecule has 5 nitrogen and oxygen atoms in total. The first-order chi connectivity index (χ1) is 7.36. The molecule has 0 bridgehead atoms. The van der Waals surface area contributed by atoms with Gasteiger partial charge in [0.1, 0.15) is 0 Å². The van der Waals surface area contributed by atoms with Gasteiger partial charge in [-0.2, -0.15) is 0 Å². The van der Waals surface area contributed by atoms with Crippen LogP contribution in [0.15, 0.2) is 0 Å². The summed E-state index contributed by atoms with van der Waals surface area (Å²) in [5, 5.41) is 6.40. The van der Waals surface area contributed by atoms with Gasteiger partial charge >= 0.3 is 0 Å². The van der Waals surface area contributed by atoms with Gasteiger partial charge in [-0.25, -0.2) is 0 Å². The molecule has 2 rings (SSSR count). The number of hydrogen-bond donors (Lipinski definition) is 2. The molecule has 2 heterocycles. The summed E-state index contributed by atoms with van der Waals surface area (Å²) in [4.78, 5) is 11.7. The number of Topliss-reactive ketones (excluding diaryl/α,β-unsaturated/α-hetero) is 1. The number of carbonyl (C=O) groups excluding carboxylic acids is 1. The molecule has 0 amide bonds. The number of ether oxygens (including phenoxy) is 2. The predicted molar refractivity (Wildman–Crippen MR) is 54.6 cm³/mol. The summed E-state index contributed by atoms with van der Waals surface area (Å²) in [6.07, 6.45) is 1.05. The molecule has 0 saturated carbocycles. The van der Waals surface area contributed by atoms with E-state index in [1.807, 2.05) is 0 Å². The van der Waals surface area contributed by atoms with Crippen molar-refractivity contribution in [3.05, 3.63) is 0 Å². The van der Waals surface area contributed by atoms with Crippen molar-refractivity contribution >= 4 is 5.78 Å². The van der Waals surface area contributed by atoms with Crippen molar-refractivity contribution in [2.75, 3.05) is 32.8 Å². The van der Waals surface area contributed by atoms with Crippen molar-refractivity contribution < 1.29 is 14.3 Å². The van der Waals surface area contributed by atoms with Crippen LogP contribution in [0.2, 0.25) is 0 Å². The van der Waals surface area contributed by atoms with E-state index in [0.717, 1.165) is 19.6 Å². The highest BCUT2D eigenvalue weighted by atomic mass is 16.7. The van der Waals surface area contributed by atoms with Gasteiger partial charge in [-0.1, -0.05) is 0 Å². The SMILES string of the molecule is O=C(CCC1OCCO1)C1CNCCN1. The Balaban J connectivity index is 1.66. The Labute approximate surface area is 89.5 Å². The maximum Gasteiger partial charge on any atom is 0.158 e. The molecule has 2 fully saturated rings. The molecule has 0 aromatic rings. The molecule has 0 aromatic heterocycles. The van der Waals surface area contributed by atoms with Gasteiger partial charge in [-0.15, -0.1) is 0 Å². The van der Waals surface area contributed by atoms with Crippen LogP contribution in [0.4, 0.5) is 0 Å². The highest BCUT2D eigenvalue weighted by molar-refractivity contribution is 5.84. The summed E-state index contributed by atoms with van der Waals surface area (Å²) in [6, 6.07) is -0.0276. The number of piperazine rings is 1. The number of ketones is 1. The summed E-state index contributed by atoms with van der Waals surface area (Å²) in [5.41, 5.74) is 0. The molecular formula is C10H18N2O3. The third-order valence-electron chi connectivity index (χ3n) is 2.75. The fourth-order valence-corrected chi connectivity index (χ4v) is 1.89. The van der Waals surface area contributed by atoms with Gasteiger partial charge < -0.3 is 20.1 Å². The van der Waals surface area contributed by atoms with E-state index in [0.29, 0.717) is 26.1 Å². The molecule has 15 heavy (non-hydrogen) atoms. The number of rotatable bonds is 4. The Bertz CT molecular complexity index is 211. The maximum absolute atomic E-state index is 11.7. The molecule has 86 valence electrons. The fourth-order valence-electron chi connectivity index (χ4n) is 1.89. The molecule has 0 aliphatic carbocycles. The number of nitrogens with one attached hydrogen (secondary N) is 2. The van der Waals surface area contributed by atoms with Crippen molar-refractivity contribution in [3.63, 3.8) is 0 Å². The van der Waals surface area contributed by atoms with Crippen LogP contribution in [0.1, 0.15) is 12.8 Å². The monoisotopic (exact) mass is 214 g/mol. The van der Waals surface area contributed by atoms with Gasteiger partial charge in [0.15, 0.2) is 12.1 Å². The molecule has 2 N–H and O–H groups in total. The van der Waals surface area contributed by atoms with Gasteiger partial charge in [0.25, 0.3) is 0 Å². The van der Waals surface area contributed by atoms with E-state index >= 15 is 0 Å². The van der Waals surface area contributed by atoms with Gasteiger partial charge in [-0.3, -0.25) is 4.79 Å². The minimum Gasteiger partial charge on any atom is -0.350 e. The topological polar surface area (TPSA) is 59.6 Å². The van der Waals surface area contributed by atoms with E-state index in [2.05, 4.69) is 10.6 Å². The lowest BCUT2D eigenvalue weighted by molar-refractivity contribution is -0.123. The first-order valence-corrected chi connectivity index (χ1v) is 5.56. The first-order valence-electron chi connectivity index (χ1n) is 5.56. The summed E-state index contributed by atoms with van der Waals surface area (Å²) < 4.78 is 10.6. The van der Waals surface area contributed by atoms with Crippen LogP contribution in [0.5, 0.6) is 0 Å². The molecular weight excluding hydrogens is 196 g/mol. The Morgan fingerprint density at radius 1 is 1.27 bits per heavy atom. The second-order valence-corrected chi connectivity index (χ2v) is 3.89. The Morgan fingerprint density at radius 3 is 2.73 bits per heavy atom. The van der Waals surface area contributed by atoms with Crippen molar-refractivity contribution in [1.82, 2.24) is 10.6 Å². The first kappa shape index (κ1) is 11.0. The third-order valence-corrected chi connectivity index (χ3v) is 2.75. The molecule has 1 unspecified atom stereocenters. The van der Waals surface area contributed by atoms with Crippen molar-refractivity contribution in [1.29, 1.82) is 0 Å². The van der Waals surface area contributed by atoms with Gasteiger partial charge in [0.2, 0.25) is 0 Å². The second-order valence-electron chi connectivity index (χ2n) is 3.89. The molecule has 2 saturated heterocycles. The molecule has 2 aliphatic heterocycles. The van der Waals surface area contributed by atoms with Crippen molar-refractivity contribution in [3.8, 4) is 0 Å². The summed E-state index contributed by atoms with van der Waals surface area (Å²) in [5.74, 6) is 0.251. The van der Waals surface area contributed by atoms with Crippen LogP contribution >= 0.6 is 0 Å². The normalized spacial score (nSPS) is 28.1. The van der Waals surface area contributed by atoms with Gasteiger partial charge in [0.05, 0.1) is 19.3 Å². The van der Waals surface area contributed by atoms with E-state index in [1.165, 1.54) is 0 Å². The Morgan fingerprint density at radius 2 is 2.07 bits per heavy atom. The van der Waals surface area contributed by atoms with Crippen LogP contribution < -0.4 is 10.6 Å². The standard InChI is InChI=1S/C10H18N2O3/c13-9(8-7-11-3-4-12-8)1-2-10-14-5-6-15-10/h8,10-12H,1-7H2. The largest absolute Gasteiger partial charge is 0.350 e. The average molecular weight is 214 g/mol. The minimum atomic E-state index is -0.162. The van der Waals surface area contributed by atoms with E-state index in [9.17, 15) is 4.79 Å². The van der Waals surface area contributed by atoms with E-state index in [1.54, 1.807) is 0 Å². The lowest BCUT2D eigenvalue weighted by Gasteiger charge is -2.23. The predicted octanol–water partition coefficient (Wildman–Crippen LogP) is -0.730. The van der Waals surface area contributed by atoms with Crippen LogP contribution in [0.25, 0.3) is 0 Å². The van der Waals surface area contributed by atoms with E-state index in [4.69, 9.17) is 9.47 Å². The molecule has 0 aromatic carbocycles. The Kier molecular flexibility index (Phi) is 4.08. The van der Waals surface area contributed by atoms with Crippen LogP contribution in [0, 0.1) is 0 Å². The summed E-state index contributed by atoms with van der Waals surface area (Å²) in [7, 11) is 0. The van der Waals surface area contributed by atoms with Crippen LogP contribution in [0.3, 0.4) is 0 Å². The summed E-state index contributed by atoms with van der Waals surface area (Å²) in [6.45, 7) is 3.86. The highest BCUT2D eigenvalue weighted by Crippen LogP contribution is 2.11. The zero-order valence-electron chi connectivity index (χ0n) is 8.83. The Hall–Kier alpha value is -0.490. The van der Waals surface area contributed by atoms with Crippen LogP contribution in [-0.2, 0) is 14.3 Å². The highest BCUT2D eigenvalue weighted by Gasteiger charge is 2.22. The number of carbonyl (C=O) groups is 1. The smallest absolute Gasteiger partial charge is 0.158 e. The molecule has 2 aliphatic rings. The zero-order chi connectivity index (χ0) is 10.5. The van der Waals surface area contributed by atoms with Crippen molar-refractivity contribution in [2.24, 2.45) is 0 Å². The zero-order valence-corrected chi connectivity index (χ0v) is 8.83. The second kappa shape index (κ2) is 5.55. The quantitative estimate of drug-likeness (QED) is 0.646. The van der Waals surface area contributed by atoms with Crippen LogP contribution in [-0.4, -0.2) is 51.0 Å². The molecule has 5 heteroatoms. The number of hydrogen-bond acceptors (Lipinski definition) is 5. The molecule has 0 spiro atoms. The summed E-state index contributed by atoms with van der Waals surface area (Å²) >= 11 is 0. The van der Waals surface area contributed by atoms with Gasteiger partial charge in [-0.05, 0) is 0 Å². The average Bonchev–Trinajstić information content (AvgIpc) is 2.80. The van der Waals surface area contributed by atoms with Crippen molar-refractivity contribution in [2.45, 2.75) is 25.2 Å². The lowest BCUT2D eigenvalue weighted by Crippen LogP contribution is -2.52. The molecule has 1 atom stereocenters. The van der Waals surface area contributed by atoms with E-state index < -0.39 is 0 Å². The molecule has 0 radical (unpaired) electrons. The third kappa shape index (κ3) is 3.24. The van der Waals surface area contributed by atoms with E-state index in [-0.39, 0.29) is 18.1 Å². The minimum absolute atomic E-state index is 0.0276. The lowest BCUT2D eigenvalue weighted by atomic mass is 10.1.